The first kappa shape index (κ1) is 7.95. The molecule has 0 aromatic carbocycles. The molecule has 0 fully saturated rings. The fraction of sp³-hybridized carbons (Fsp3) is 0.111. The highest BCUT2D eigenvalue weighted by Crippen LogP contribution is 2.23. The highest BCUT2D eigenvalue weighted by molar-refractivity contribution is 7.79. The van der Waals surface area contributed by atoms with Crippen LogP contribution in [0, 0.1) is 0 Å². The minimum Gasteiger partial charge on any atom is -0.357 e. The fourth-order valence-electron chi connectivity index (χ4n) is 1.11. The van der Waals surface area contributed by atoms with E-state index in [4.69, 9.17) is 0 Å². The van der Waals surface area contributed by atoms with Crippen molar-refractivity contribution in [3.8, 4) is 10.6 Å². The van der Waals surface area contributed by atoms with Crippen molar-refractivity contribution in [3.05, 3.63) is 35.3 Å². The lowest BCUT2D eigenvalue weighted by Crippen LogP contribution is -1.75. The second kappa shape index (κ2) is 3.37. The Labute approximate surface area is 80.9 Å². The number of rotatable bonds is 2. The van der Waals surface area contributed by atoms with Gasteiger partial charge in [-0.05, 0) is 23.6 Å². The summed E-state index contributed by atoms with van der Waals surface area (Å²) in [6.45, 7) is 0. The molecule has 2 aromatic heterocycles. The summed E-state index contributed by atoms with van der Waals surface area (Å²) in [5.41, 5.74) is 2.36. The molecule has 0 radical (unpaired) electrons. The number of hydrogen-bond acceptors (Lipinski definition) is 2. The van der Waals surface area contributed by atoms with Crippen molar-refractivity contribution < 1.29 is 0 Å². The van der Waals surface area contributed by atoms with E-state index in [0.717, 1.165) is 5.75 Å². The van der Waals surface area contributed by atoms with Crippen LogP contribution >= 0.6 is 24.0 Å². The Morgan fingerprint density at radius 1 is 1.33 bits per heavy atom. The van der Waals surface area contributed by atoms with Crippen LogP contribution in [0.1, 0.15) is 5.69 Å². The van der Waals surface area contributed by atoms with Gasteiger partial charge in [0.2, 0.25) is 0 Å². The Kier molecular flexibility index (Phi) is 2.23. The molecular weight excluding hydrogens is 186 g/mol. The van der Waals surface area contributed by atoms with Crippen molar-refractivity contribution in [2.24, 2.45) is 0 Å². The number of thiophene rings is 1. The van der Waals surface area contributed by atoms with Crippen molar-refractivity contribution in [2.45, 2.75) is 5.75 Å². The van der Waals surface area contributed by atoms with Crippen LogP contribution in [0.2, 0.25) is 0 Å². The molecule has 62 valence electrons. The SMILES string of the molecule is SCc1ccc(-c2cccs2)[nH]1. The zero-order valence-electron chi connectivity index (χ0n) is 6.45. The predicted molar refractivity (Wildman–Crippen MR) is 56.8 cm³/mol. The van der Waals surface area contributed by atoms with Gasteiger partial charge in [0.25, 0.3) is 0 Å². The fourth-order valence-corrected chi connectivity index (χ4v) is 2.00. The number of aromatic amines is 1. The maximum absolute atomic E-state index is 4.19. The summed E-state index contributed by atoms with van der Waals surface area (Å²) in [5.74, 6) is 0.769. The van der Waals surface area contributed by atoms with Crippen LogP contribution in [0.3, 0.4) is 0 Å². The van der Waals surface area contributed by atoms with Crippen LogP contribution in [-0.4, -0.2) is 4.98 Å². The molecule has 0 saturated heterocycles. The normalized spacial score (nSPS) is 10.4. The summed E-state index contributed by atoms with van der Waals surface area (Å²) in [6, 6.07) is 8.33. The summed E-state index contributed by atoms with van der Waals surface area (Å²) < 4.78 is 0. The monoisotopic (exact) mass is 195 g/mol. The van der Waals surface area contributed by atoms with Crippen molar-refractivity contribution in [1.82, 2.24) is 4.98 Å². The van der Waals surface area contributed by atoms with Crippen LogP contribution in [0.15, 0.2) is 29.6 Å². The molecule has 0 aliphatic heterocycles. The maximum Gasteiger partial charge on any atom is 0.0557 e. The summed E-state index contributed by atoms with van der Waals surface area (Å²) in [4.78, 5) is 4.58. The Balaban J connectivity index is 2.35. The summed E-state index contributed by atoms with van der Waals surface area (Å²) in [5, 5.41) is 2.08. The van der Waals surface area contributed by atoms with Crippen molar-refractivity contribution in [3.63, 3.8) is 0 Å². The molecule has 0 atom stereocenters. The van der Waals surface area contributed by atoms with E-state index in [-0.39, 0.29) is 0 Å². The first-order valence-corrected chi connectivity index (χ1v) is 5.24. The summed E-state index contributed by atoms with van der Waals surface area (Å²) in [6.07, 6.45) is 0. The van der Waals surface area contributed by atoms with Gasteiger partial charge in [-0.15, -0.1) is 11.3 Å². The molecule has 0 aliphatic rings. The van der Waals surface area contributed by atoms with Gasteiger partial charge in [0, 0.05) is 11.4 Å². The standard InChI is InChI=1S/C9H9NS2/c11-6-7-3-4-8(10-7)9-2-1-5-12-9/h1-5,10-11H,6H2. The third kappa shape index (κ3) is 1.42. The van der Waals surface area contributed by atoms with E-state index < -0.39 is 0 Å². The van der Waals surface area contributed by atoms with Crippen LogP contribution in [-0.2, 0) is 5.75 Å². The van der Waals surface area contributed by atoms with Gasteiger partial charge >= 0.3 is 0 Å². The number of nitrogens with one attached hydrogen (secondary N) is 1. The number of hydrogen-bond donors (Lipinski definition) is 2. The van der Waals surface area contributed by atoms with Gasteiger partial charge in [0.1, 0.15) is 0 Å². The lowest BCUT2D eigenvalue weighted by Gasteiger charge is -1.90. The second-order valence-electron chi connectivity index (χ2n) is 2.53. The third-order valence-electron chi connectivity index (χ3n) is 1.70. The molecule has 0 aliphatic carbocycles. The van der Waals surface area contributed by atoms with E-state index >= 15 is 0 Å². The zero-order chi connectivity index (χ0) is 8.39. The highest BCUT2D eigenvalue weighted by Gasteiger charge is 2.00. The summed E-state index contributed by atoms with van der Waals surface area (Å²) >= 11 is 5.94. The third-order valence-corrected chi connectivity index (χ3v) is 2.95. The van der Waals surface area contributed by atoms with E-state index in [2.05, 4.69) is 47.3 Å². The van der Waals surface area contributed by atoms with E-state index in [0.29, 0.717) is 0 Å². The Bertz CT molecular complexity index is 348. The Hall–Kier alpha value is -0.670. The van der Waals surface area contributed by atoms with Crippen molar-refractivity contribution in [1.29, 1.82) is 0 Å². The van der Waals surface area contributed by atoms with E-state index in [9.17, 15) is 0 Å². The van der Waals surface area contributed by atoms with E-state index in [1.54, 1.807) is 11.3 Å². The van der Waals surface area contributed by atoms with Gasteiger partial charge in [0.15, 0.2) is 0 Å². The number of thiol groups is 1. The lowest BCUT2D eigenvalue weighted by atomic mass is 10.3. The highest BCUT2D eigenvalue weighted by atomic mass is 32.1. The molecule has 2 heterocycles. The minimum absolute atomic E-state index is 0.769. The average Bonchev–Trinajstić information content (AvgIpc) is 2.75. The molecule has 0 unspecified atom stereocenters. The van der Waals surface area contributed by atoms with Crippen LogP contribution in [0.4, 0.5) is 0 Å². The first-order valence-electron chi connectivity index (χ1n) is 3.73. The zero-order valence-corrected chi connectivity index (χ0v) is 8.16. The maximum atomic E-state index is 4.19. The molecule has 0 spiro atoms. The molecule has 0 bridgehead atoms. The van der Waals surface area contributed by atoms with Crippen molar-refractivity contribution >= 4 is 24.0 Å². The van der Waals surface area contributed by atoms with E-state index in [1.807, 2.05) is 0 Å². The summed E-state index contributed by atoms with van der Waals surface area (Å²) in [7, 11) is 0. The molecule has 2 rings (SSSR count). The van der Waals surface area contributed by atoms with E-state index in [1.165, 1.54) is 16.3 Å². The number of H-pyrrole nitrogens is 1. The van der Waals surface area contributed by atoms with Crippen molar-refractivity contribution in [2.75, 3.05) is 0 Å². The predicted octanol–water partition coefficient (Wildman–Crippen LogP) is 3.17. The van der Waals surface area contributed by atoms with Crippen LogP contribution < -0.4 is 0 Å². The quantitative estimate of drug-likeness (QED) is 0.685. The lowest BCUT2D eigenvalue weighted by molar-refractivity contribution is 1.25. The second-order valence-corrected chi connectivity index (χ2v) is 3.80. The van der Waals surface area contributed by atoms with Gasteiger partial charge in [-0.2, -0.15) is 12.6 Å². The molecule has 1 N–H and O–H groups in total. The first-order chi connectivity index (χ1) is 5.90. The molecule has 1 nitrogen and oxygen atoms in total. The minimum atomic E-state index is 0.769. The molecule has 12 heavy (non-hydrogen) atoms. The average molecular weight is 195 g/mol. The molecule has 0 amide bonds. The molecular formula is C9H9NS2. The Morgan fingerprint density at radius 2 is 2.25 bits per heavy atom. The van der Waals surface area contributed by atoms with Gasteiger partial charge in [-0.1, -0.05) is 6.07 Å². The smallest absolute Gasteiger partial charge is 0.0557 e. The largest absolute Gasteiger partial charge is 0.357 e. The van der Waals surface area contributed by atoms with Gasteiger partial charge < -0.3 is 4.98 Å². The molecule has 2 aromatic rings. The topological polar surface area (TPSA) is 15.8 Å². The van der Waals surface area contributed by atoms with Crippen LogP contribution in [0.5, 0.6) is 0 Å². The molecule has 3 heteroatoms. The van der Waals surface area contributed by atoms with Gasteiger partial charge in [-0.25, -0.2) is 0 Å². The van der Waals surface area contributed by atoms with Gasteiger partial charge in [0.05, 0.1) is 10.6 Å². The van der Waals surface area contributed by atoms with Gasteiger partial charge in [-0.3, -0.25) is 0 Å². The van der Waals surface area contributed by atoms with Crippen LogP contribution in [0.25, 0.3) is 10.6 Å². The number of aromatic nitrogens is 1. The Morgan fingerprint density at radius 3 is 2.83 bits per heavy atom. The molecule has 0 saturated carbocycles.